The van der Waals surface area contributed by atoms with Crippen molar-refractivity contribution in [3.8, 4) is 0 Å². The minimum Gasteiger partial charge on any atom is -0.383 e. The van der Waals surface area contributed by atoms with Crippen molar-refractivity contribution >= 4 is 17.4 Å². The Kier molecular flexibility index (Phi) is 7.15. The highest BCUT2D eigenvalue weighted by Gasteiger charge is 2.18. The molecule has 0 saturated carbocycles. The number of nitrogens with zero attached hydrogens (tertiary/aromatic N) is 1. The number of methoxy groups -OCH3 is 1. The molecule has 0 saturated heterocycles. The van der Waals surface area contributed by atoms with Crippen molar-refractivity contribution in [2.45, 2.75) is 12.3 Å². The number of ether oxygens (including phenoxy) is 1. The fourth-order valence-electron chi connectivity index (χ4n) is 3.05. The summed E-state index contributed by atoms with van der Waals surface area (Å²) in [6.07, 6.45) is 2.02. The summed E-state index contributed by atoms with van der Waals surface area (Å²) >= 11 is 0. The second kappa shape index (κ2) is 10.2. The molecule has 1 heterocycles. The first-order valence-corrected chi connectivity index (χ1v) is 9.35. The molecule has 5 nitrogen and oxygen atoms in total. The molecule has 0 aliphatic rings. The molecule has 0 aliphatic heterocycles. The van der Waals surface area contributed by atoms with Gasteiger partial charge in [-0.25, -0.2) is 4.98 Å². The van der Waals surface area contributed by atoms with Crippen LogP contribution >= 0.6 is 0 Å². The molecule has 3 rings (SSSR count). The summed E-state index contributed by atoms with van der Waals surface area (Å²) in [7, 11) is 1.66. The van der Waals surface area contributed by atoms with Gasteiger partial charge in [0.15, 0.2) is 0 Å². The predicted molar refractivity (Wildman–Crippen MR) is 113 cm³/mol. The zero-order valence-corrected chi connectivity index (χ0v) is 16.0. The fourth-order valence-corrected chi connectivity index (χ4v) is 3.05. The molecule has 0 fully saturated rings. The van der Waals surface area contributed by atoms with Gasteiger partial charge in [-0.15, -0.1) is 0 Å². The molecule has 144 valence electrons. The Morgan fingerprint density at radius 2 is 1.61 bits per heavy atom. The van der Waals surface area contributed by atoms with E-state index in [1.54, 1.807) is 13.3 Å². The van der Waals surface area contributed by atoms with Gasteiger partial charge in [0.1, 0.15) is 5.82 Å². The second-order valence-corrected chi connectivity index (χ2v) is 6.48. The van der Waals surface area contributed by atoms with E-state index >= 15 is 0 Å². The van der Waals surface area contributed by atoms with Crippen LogP contribution < -0.4 is 10.6 Å². The minimum atomic E-state index is -0.0420. The van der Waals surface area contributed by atoms with Crippen molar-refractivity contribution in [3.63, 3.8) is 0 Å². The lowest BCUT2D eigenvalue weighted by Crippen LogP contribution is -2.17. The SMILES string of the molecule is COCCNc1ccc(NC(=O)CC(c2ccccc2)c2ccccc2)cn1. The van der Waals surface area contributed by atoms with E-state index in [0.717, 1.165) is 16.9 Å². The van der Waals surface area contributed by atoms with Gasteiger partial charge in [-0.1, -0.05) is 60.7 Å². The van der Waals surface area contributed by atoms with Gasteiger partial charge in [0.05, 0.1) is 18.5 Å². The molecular formula is C23H25N3O2. The molecule has 2 aromatic carbocycles. The van der Waals surface area contributed by atoms with E-state index in [1.165, 1.54) is 0 Å². The highest BCUT2D eigenvalue weighted by Crippen LogP contribution is 2.28. The lowest BCUT2D eigenvalue weighted by molar-refractivity contribution is -0.116. The molecule has 5 heteroatoms. The first-order chi connectivity index (χ1) is 13.8. The Hall–Kier alpha value is -3.18. The van der Waals surface area contributed by atoms with E-state index in [0.29, 0.717) is 25.3 Å². The average molecular weight is 375 g/mol. The average Bonchev–Trinajstić information content (AvgIpc) is 2.75. The standard InChI is InChI=1S/C23H25N3O2/c1-28-15-14-24-22-13-12-20(17-25-22)26-23(27)16-21(18-8-4-2-5-9-18)19-10-6-3-7-11-19/h2-13,17,21H,14-16H2,1H3,(H,24,25)(H,26,27). The Balaban J connectivity index is 1.66. The van der Waals surface area contributed by atoms with Crippen LogP contribution in [0.4, 0.5) is 11.5 Å². The monoisotopic (exact) mass is 375 g/mol. The summed E-state index contributed by atoms with van der Waals surface area (Å²) in [6, 6.07) is 23.9. The van der Waals surface area contributed by atoms with Gasteiger partial charge in [-0.05, 0) is 23.3 Å². The third kappa shape index (κ3) is 5.66. The summed E-state index contributed by atoms with van der Waals surface area (Å²) < 4.78 is 5.00. The van der Waals surface area contributed by atoms with E-state index in [4.69, 9.17) is 4.74 Å². The van der Waals surface area contributed by atoms with E-state index < -0.39 is 0 Å². The van der Waals surface area contributed by atoms with Crippen LogP contribution in [-0.4, -0.2) is 31.2 Å². The number of hydrogen-bond acceptors (Lipinski definition) is 4. The van der Waals surface area contributed by atoms with Crippen molar-refractivity contribution in [2.24, 2.45) is 0 Å². The van der Waals surface area contributed by atoms with Crippen LogP contribution in [0.3, 0.4) is 0 Å². The van der Waals surface area contributed by atoms with Crippen LogP contribution in [-0.2, 0) is 9.53 Å². The Labute approximate surface area is 165 Å². The highest BCUT2D eigenvalue weighted by atomic mass is 16.5. The second-order valence-electron chi connectivity index (χ2n) is 6.48. The molecule has 0 bridgehead atoms. The van der Waals surface area contributed by atoms with Crippen LogP contribution in [0.2, 0.25) is 0 Å². The molecule has 28 heavy (non-hydrogen) atoms. The van der Waals surface area contributed by atoms with Gasteiger partial charge in [0.2, 0.25) is 5.91 Å². The molecule has 0 spiro atoms. The number of carbonyl (C=O) groups excluding carboxylic acids is 1. The molecule has 0 atom stereocenters. The topological polar surface area (TPSA) is 63.2 Å². The summed E-state index contributed by atoms with van der Waals surface area (Å²) in [4.78, 5) is 17.0. The minimum absolute atomic E-state index is 0.00495. The van der Waals surface area contributed by atoms with Gasteiger partial charge in [0.25, 0.3) is 0 Å². The molecule has 2 N–H and O–H groups in total. The largest absolute Gasteiger partial charge is 0.383 e. The maximum Gasteiger partial charge on any atom is 0.225 e. The molecule has 0 aliphatic carbocycles. The quantitative estimate of drug-likeness (QED) is 0.547. The van der Waals surface area contributed by atoms with E-state index in [9.17, 15) is 4.79 Å². The number of aromatic nitrogens is 1. The maximum atomic E-state index is 12.7. The van der Waals surface area contributed by atoms with Crippen molar-refractivity contribution < 1.29 is 9.53 Å². The maximum absolute atomic E-state index is 12.7. The van der Waals surface area contributed by atoms with E-state index in [1.807, 2.05) is 48.5 Å². The zero-order valence-electron chi connectivity index (χ0n) is 16.0. The summed E-state index contributed by atoms with van der Waals surface area (Å²) in [5.41, 5.74) is 2.93. The Morgan fingerprint density at radius 1 is 0.964 bits per heavy atom. The van der Waals surface area contributed by atoms with Crippen LogP contribution in [0.5, 0.6) is 0 Å². The van der Waals surface area contributed by atoms with E-state index in [2.05, 4.69) is 39.9 Å². The summed E-state index contributed by atoms with van der Waals surface area (Å²) in [5, 5.41) is 6.10. The van der Waals surface area contributed by atoms with Gasteiger partial charge >= 0.3 is 0 Å². The number of hydrogen-bond donors (Lipinski definition) is 2. The normalized spacial score (nSPS) is 10.6. The van der Waals surface area contributed by atoms with Crippen molar-refractivity contribution in [2.75, 3.05) is 30.9 Å². The Morgan fingerprint density at radius 3 is 2.14 bits per heavy atom. The fraction of sp³-hybridized carbons (Fsp3) is 0.217. The van der Waals surface area contributed by atoms with Crippen molar-refractivity contribution in [3.05, 3.63) is 90.1 Å². The zero-order chi connectivity index (χ0) is 19.6. The van der Waals surface area contributed by atoms with Crippen molar-refractivity contribution in [1.82, 2.24) is 4.98 Å². The predicted octanol–water partition coefficient (Wildman–Crippen LogP) is 4.30. The highest BCUT2D eigenvalue weighted by molar-refractivity contribution is 5.91. The first kappa shape index (κ1) is 19.6. The van der Waals surface area contributed by atoms with Gasteiger partial charge < -0.3 is 15.4 Å². The summed E-state index contributed by atoms with van der Waals surface area (Å²) in [6.45, 7) is 1.30. The van der Waals surface area contributed by atoms with Crippen LogP contribution in [0, 0.1) is 0 Å². The van der Waals surface area contributed by atoms with Crippen LogP contribution in [0.25, 0.3) is 0 Å². The van der Waals surface area contributed by atoms with Crippen molar-refractivity contribution in [1.29, 1.82) is 0 Å². The molecule has 3 aromatic rings. The van der Waals surface area contributed by atoms with Crippen LogP contribution in [0.1, 0.15) is 23.5 Å². The first-order valence-electron chi connectivity index (χ1n) is 9.35. The smallest absolute Gasteiger partial charge is 0.225 e. The number of benzene rings is 2. The number of pyridine rings is 1. The third-order valence-electron chi connectivity index (χ3n) is 4.45. The number of anilines is 2. The Bertz CT molecular complexity index is 813. The third-order valence-corrected chi connectivity index (χ3v) is 4.45. The number of nitrogens with one attached hydrogen (secondary N) is 2. The molecule has 1 amide bonds. The lowest BCUT2D eigenvalue weighted by Gasteiger charge is -2.18. The molecule has 0 unspecified atom stereocenters. The molecular weight excluding hydrogens is 350 g/mol. The molecule has 0 radical (unpaired) electrons. The van der Waals surface area contributed by atoms with Crippen LogP contribution in [0.15, 0.2) is 79.0 Å². The van der Waals surface area contributed by atoms with Gasteiger partial charge in [-0.2, -0.15) is 0 Å². The number of amides is 1. The lowest BCUT2D eigenvalue weighted by atomic mass is 9.88. The number of rotatable bonds is 9. The number of carbonyl (C=O) groups is 1. The summed E-state index contributed by atoms with van der Waals surface area (Å²) in [5.74, 6) is 0.714. The van der Waals surface area contributed by atoms with Gasteiger partial charge in [0, 0.05) is 26.0 Å². The van der Waals surface area contributed by atoms with Gasteiger partial charge in [-0.3, -0.25) is 4.79 Å². The molecule has 1 aromatic heterocycles. The van der Waals surface area contributed by atoms with E-state index in [-0.39, 0.29) is 11.8 Å².